The van der Waals surface area contributed by atoms with Crippen LogP contribution in [0.3, 0.4) is 0 Å². The van der Waals surface area contributed by atoms with E-state index in [0.717, 1.165) is 16.5 Å². The molecule has 6 heteroatoms. The number of fused-ring (bicyclic) bond motifs is 1. The van der Waals surface area contributed by atoms with Gasteiger partial charge >= 0.3 is 11.6 Å². The third kappa shape index (κ3) is 4.17. The zero-order valence-corrected chi connectivity index (χ0v) is 15.1. The maximum Gasteiger partial charge on any atom is 0.336 e. The van der Waals surface area contributed by atoms with Crippen molar-refractivity contribution in [2.45, 2.75) is 6.92 Å². The number of hydrogen-bond acceptors (Lipinski definition) is 6. The molecule has 138 valence electrons. The second-order valence-electron chi connectivity index (χ2n) is 5.78. The van der Waals surface area contributed by atoms with E-state index in [1.165, 1.54) is 18.2 Å². The summed E-state index contributed by atoms with van der Waals surface area (Å²) in [4.78, 5) is 23.6. The molecule has 0 radical (unpaired) electrons. The quantitative estimate of drug-likeness (QED) is 0.296. The van der Waals surface area contributed by atoms with E-state index in [4.69, 9.17) is 18.6 Å². The summed E-state index contributed by atoms with van der Waals surface area (Å²) in [5.74, 6) is 0.899. The highest BCUT2D eigenvalue weighted by Crippen LogP contribution is 2.28. The van der Waals surface area contributed by atoms with E-state index in [-0.39, 0.29) is 0 Å². The number of carbonyl (C=O) groups is 1. The van der Waals surface area contributed by atoms with Gasteiger partial charge in [-0.25, -0.2) is 9.59 Å². The SMILES string of the molecule is COc1ccc(/C=C\C(=O)Oc2ccc3c(C)cc(=O)oc3c2)cc1OC. The zero-order chi connectivity index (χ0) is 19.4. The van der Waals surface area contributed by atoms with Gasteiger partial charge in [-0.15, -0.1) is 0 Å². The van der Waals surface area contributed by atoms with Crippen molar-refractivity contribution in [3.8, 4) is 17.2 Å². The van der Waals surface area contributed by atoms with Crippen LogP contribution in [0.5, 0.6) is 17.2 Å². The summed E-state index contributed by atoms with van der Waals surface area (Å²) in [7, 11) is 3.09. The number of methoxy groups -OCH3 is 2. The van der Waals surface area contributed by atoms with Crippen molar-refractivity contribution in [1.82, 2.24) is 0 Å². The Bertz CT molecular complexity index is 1080. The number of rotatable bonds is 5. The Hall–Kier alpha value is -3.54. The molecule has 0 bridgehead atoms. The number of hydrogen-bond donors (Lipinski definition) is 0. The van der Waals surface area contributed by atoms with Crippen LogP contribution in [0.1, 0.15) is 11.1 Å². The average molecular weight is 366 g/mol. The summed E-state index contributed by atoms with van der Waals surface area (Å²) < 4.78 is 20.8. The lowest BCUT2D eigenvalue weighted by Crippen LogP contribution is -2.04. The minimum absolute atomic E-state index is 0.290. The van der Waals surface area contributed by atoms with Crippen LogP contribution in [0.2, 0.25) is 0 Å². The Labute approximate surface area is 155 Å². The van der Waals surface area contributed by atoms with Crippen LogP contribution in [0, 0.1) is 6.92 Å². The molecule has 0 aliphatic carbocycles. The first-order valence-corrected chi connectivity index (χ1v) is 8.16. The zero-order valence-electron chi connectivity index (χ0n) is 15.1. The normalized spacial score (nSPS) is 10.9. The molecule has 3 rings (SSSR count). The van der Waals surface area contributed by atoms with Gasteiger partial charge in [-0.05, 0) is 48.4 Å². The van der Waals surface area contributed by atoms with Crippen LogP contribution in [-0.4, -0.2) is 20.2 Å². The highest BCUT2D eigenvalue weighted by Gasteiger charge is 2.07. The van der Waals surface area contributed by atoms with Crippen molar-refractivity contribution in [3.05, 3.63) is 70.1 Å². The van der Waals surface area contributed by atoms with E-state index < -0.39 is 11.6 Å². The van der Waals surface area contributed by atoms with E-state index in [1.54, 1.807) is 50.6 Å². The predicted octanol–water partition coefficient (Wildman–Crippen LogP) is 3.74. The van der Waals surface area contributed by atoms with E-state index >= 15 is 0 Å². The third-order valence-electron chi connectivity index (χ3n) is 3.96. The van der Waals surface area contributed by atoms with Crippen molar-refractivity contribution < 1.29 is 23.4 Å². The molecule has 3 aromatic rings. The molecule has 1 aromatic heterocycles. The van der Waals surface area contributed by atoms with Crippen molar-refractivity contribution in [2.24, 2.45) is 0 Å². The van der Waals surface area contributed by atoms with Crippen LogP contribution in [0.4, 0.5) is 0 Å². The third-order valence-corrected chi connectivity index (χ3v) is 3.96. The Balaban J connectivity index is 1.76. The largest absolute Gasteiger partial charge is 0.493 e. The minimum atomic E-state index is -0.556. The predicted molar refractivity (Wildman–Crippen MR) is 101 cm³/mol. The van der Waals surface area contributed by atoms with Gasteiger partial charge in [0.25, 0.3) is 0 Å². The first-order chi connectivity index (χ1) is 13.0. The minimum Gasteiger partial charge on any atom is -0.493 e. The van der Waals surface area contributed by atoms with E-state index in [0.29, 0.717) is 22.8 Å². The molecule has 2 aromatic carbocycles. The average Bonchev–Trinajstić information content (AvgIpc) is 2.65. The maximum atomic E-state index is 12.1. The van der Waals surface area contributed by atoms with Crippen molar-refractivity contribution in [3.63, 3.8) is 0 Å². The smallest absolute Gasteiger partial charge is 0.336 e. The molecule has 0 aliphatic heterocycles. The van der Waals surface area contributed by atoms with Gasteiger partial charge in [0.15, 0.2) is 11.5 Å². The van der Waals surface area contributed by atoms with E-state index in [9.17, 15) is 9.59 Å². The Morgan fingerprint density at radius 2 is 1.78 bits per heavy atom. The lowest BCUT2D eigenvalue weighted by atomic mass is 10.1. The fourth-order valence-electron chi connectivity index (χ4n) is 2.64. The fourth-order valence-corrected chi connectivity index (χ4v) is 2.64. The lowest BCUT2D eigenvalue weighted by Gasteiger charge is -2.07. The van der Waals surface area contributed by atoms with Gasteiger partial charge in [0.05, 0.1) is 14.2 Å². The summed E-state index contributed by atoms with van der Waals surface area (Å²) in [6.07, 6.45) is 2.91. The van der Waals surface area contributed by atoms with E-state index in [1.807, 2.05) is 6.92 Å². The van der Waals surface area contributed by atoms with Crippen LogP contribution in [0.25, 0.3) is 17.0 Å². The summed E-state index contributed by atoms with van der Waals surface area (Å²) in [5, 5.41) is 0.787. The molecule has 6 nitrogen and oxygen atoms in total. The molecule has 0 fully saturated rings. The maximum absolute atomic E-state index is 12.1. The van der Waals surface area contributed by atoms with Crippen LogP contribution < -0.4 is 19.8 Å². The van der Waals surface area contributed by atoms with Gasteiger partial charge in [-0.2, -0.15) is 0 Å². The molecule has 0 saturated heterocycles. The Morgan fingerprint density at radius 3 is 2.52 bits per heavy atom. The summed E-state index contributed by atoms with van der Waals surface area (Å²) in [6, 6.07) is 11.6. The molecule has 0 atom stereocenters. The van der Waals surface area contributed by atoms with Gasteiger partial charge in [-0.3, -0.25) is 0 Å². The molecule has 0 amide bonds. The second-order valence-corrected chi connectivity index (χ2v) is 5.78. The summed E-state index contributed by atoms with van der Waals surface area (Å²) in [6.45, 7) is 1.82. The summed E-state index contributed by atoms with van der Waals surface area (Å²) >= 11 is 0. The number of esters is 1. The molecular weight excluding hydrogens is 348 g/mol. The molecular formula is C21H18O6. The molecule has 1 heterocycles. The molecule has 0 aliphatic rings. The first-order valence-electron chi connectivity index (χ1n) is 8.16. The van der Waals surface area contributed by atoms with Crippen molar-refractivity contribution >= 4 is 23.0 Å². The fraction of sp³-hybridized carbons (Fsp3) is 0.143. The summed E-state index contributed by atoms with van der Waals surface area (Å²) in [5.41, 5.74) is 1.48. The first kappa shape index (κ1) is 18.3. The van der Waals surface area contributed by atoms with Crippen LogP contribution in [-0.2, 0) is 4.79 Å². The van der Waals surface area contributed by atoms with Gasteiger partial charge < -0.3 is 18.6 Å². The van der Waals surface area contributed by atoms with E-state index in [2.05, 4.69) is 0 Å². The van der Waals surface area contributed by atoms with Gasteiger partial charge in [0.1, 0.15) is 11.3 Å². The number of aryl methyl sites for hydroxylation is 1. The molecule has 0 spiro atoms. The topological polar surface area (TPSA) is 75.0 Å². The Kier molecular flexibility index (Phi) is 5.26. The highest BCUT2D eigenvalue weighted by molar-refractivity contribution is 5.89. The van der Waals surface area contributed by atoms with Crippen LogP contribution >= 0.6 is 0 Å². The van der Waals surface area contributed by atoms with Crippen LogP contribution in [0.15, 0.2) is 57.8 Å². The monoisotopic (exact) mass is 366 g/mol. The van der Waals surface area contributed by atoms with Crippen molar-refractivity contribution in [1.29, 1.82) is 0 Å². The standard InChI is InChI=1S/C21H18O6/c1-13-10-21(23)27-18-12-15(6-7-16(13)18)26-20(22)9-5-14-4-8-17(24-2)19(11-14)25-3/h4-12H,1-3H3/b9-5-. The lowest BCUT2D eigenvalue weighted by molar-refractivity contribution is -0.128. The second kappa shape index (κ2) is 7.78. The van der Waals surface area contributed by atoms with Gasteiger partial charge in [-0.1, -0.05) is 6.07 Å². The molecule has 27 heavy (non-hydrogen) atoms. The van der Waals surface area contributed by atoms with Gasteiger partial charge in [0.2, 0.25) is 0 Å². The van der Waals surface area contributed by atoms with Gasteiger partial charge in [0, 0.05) is 23.6 Å². The van der Waals surface area contributed by atoms with Crippen molar-refractivity contribution in [2.75, 3.05) is 14.2 Å². The Morgan fingerprint density at radius 1 is 1.00 bits per heavy atom. The molecule has 0 N–H and O–H groups in total. The number of benzene rings is 2. The molecule has 0 unspecified atom stereocenters. The molecule has 0 saturated carbocycles. The number of ether oxygens (including phenoxy) is 3. The highest BCUT2D eigenvalue weighted by atomic mass is 16.5. The number of carbonyl (C=O) groups excluding carboxylic acids is 1.